The molecule has 1 fully saturated rings. The van der Waals surface area contributed by atoms with Crippen molar-refractivity contribution in [2.45, 2.75) is 6.92 Å². The van der Waals surface area contributed by atoms with Crippen LogP contribution in [0.5, 0.6) is 0 Å². The lowest BCUT2D eigenvalue weighted by Crippen LogP contribution is -2.53. The van der Waals surface area contributed by atoms with Crippen LogP contribution in [-0.2, 0) is 4.79 Å². The molecule has 1 aliphatic heterocycles. The van der Waals surface area contributed by atoms with Crippen LogP contribution < -0.4 is 16.1 Å². The molecule has 0 aliphatic carbocycles. The predicted molar refractivity (Wildman–Crippen MR) is 68.4 cm³/mol. The number of hydrazine groups is 1. The highest BCUT2D eigenvalue weighted by molar-refractivity contribution is 5.72. The number of nitrogens with two attached hydrogens (primary N) is 1. The van der Waals surface area contributed by atoms with Crippen molar-refractivity contribution in [1.29, 1.82) is 0 Å². The summed E-state index contributed by atoms with van der Waals surface area (Å²) in [7, 11) is 0. The Morgan fingerprint density at radius 3 is 2.56 bits per heavy atom. The van der Waals surface area contributed by atoms with Gasteiger partial charge < -0.3 is 10.6 Å². The summed E-state index contributed by atoms with van der Waals surface area (Å²) in [6.45, 7) is 4.42. The zero-order valence-corrected chi connectivity index (χ0v) is 10.3. The largest absolute Gasteiger partial charge is 0.397 e. The number of nitrogens with one attached hydrogen (secondary N) is 1. The predicted octanol–water partition coefficient (Wildman–Crippen LogP) is 0.581. The highest BCUT2D eigenvalue weighted by atomic mass is 19.1. The average Bonchev–Trinajstić information content (AvgIpc) is 2.30. The van der Waals surface area contributed by atoms with E-state index in [9.17, 15) is 9.18 Å². The van der Waals surface area contributed by atoms with Gasteiger partial charge in [-0.2, -0.15) is 0 Å². The van der Waals surface area contributed by atoms with E-state index in [4.69, 9.17) is 5.73 Å². The summed E-state index contributed by atoms with van der Waals surface area (Å²) in [6.07, 6.45) is 0. The lowest BCUT2D eigenvalue weighted by Gasteiger charge is -2.36. The number of anilines is 2. The molecule has 5 nitrogen and oxygen atoms in total. The highest BCUT2D eigenvalue weighted by Crippen LogP contribution is 2.24. The number of hydrogen-bond acceptors (Lipinski definition) is 4. The van der Waals surface area contributed by atoms with Gasteiger partial charge in [0.05, 0.1) is 11.4 Å². The summed E-state index contributed by atoms with van der Waals surface area (Å²) < 4.78 is 13.0. The topological polar surface area (TPSA) is 61.6 Å². The summed E-state index contributed by atoms with van der Waals surface area (Å²) in [6, 6.07) is 4.43. The quantitative estimate of drug-likeness (QED) is 0.756. The van der Waals surface area contributed by atoms with E-state index in [1.807, 2.05) is 5.01 Å². The SMILES string of the molecule is CC(=O)NN1CCN(c2ccc(F)cc2N)CC1. The van der Waals surface area contributed by atoms with Crippen LogP contribution in [0.2, 0.25) is 0 Å². The van der Waals surface area contributed by atoms with E-state index in [1.54, 1.807) is 6.07 Å². The fourth-order valence-electron chi connectivity index (χ4n) is 2.10. The van der Waals surface area contributed by atoms with E-state index >= 15 is 0 Å². The Bertz CT molecular complexity index is 444. The van der Waals surface area contributed by atoms with Crippen LogP contribution in [0, 0.1) is 5.82 Å². The van der Waals surface area contributed by atoms with Gasteiger partial charge in [0.25, 0.3) is 0 Å². The standard InChI is InChI=1S/C12H17FN4O/c1-9(18)15-17-6-4-16(5-7-17)12-3-2-10(13)8-11(12)14/h2-3,8H,4-7,14H2,1H3,(H,15,18). The molecule has 1 heterocycles. The van der Waals surface area contributed by atoms with E-state index in [0.29, 0.717) is 5.69 Å². The Labute approximate surface area is 105 Å². The maximum Gasteiger partial charge on any atom is 0.231 e. The Kier molecular flexibility index (Phi) is 3.66. The molecule has 0 aromatic heterocycles. The van der Waals surface area contributed by atoms with E-state index in [0.717, 1.165) is 31.9 Å². The van der Waals surface area contributed by atoms with Crippen molar-refractivity contribution in [3.05, 3.63) is 24.0 Å². The summed E-state index contributed by atoms with van der Waals surface area (Å²) in [5.74, 6) is -0.391. The average molecular weight is 252 g/mol. The van der Waals surface area contributed by atoms with Gasteiger partial charge in [-0.3, -0.25) is 10.2 Å². The second kappa shape index (κ2) is 5.22. The summed E-state index contributed by atoms with van der Waals surface area (Å²) in [5, 5.41) is 1.87. The molecule has 2 rings (SSSR count). The fourth-order valence-corrected chi connectivity index (χ4v) is 2.10. The van der Waals surface area contributed by atoms with Crippen LogP contribution in [0.25, 0.3) is 0 Å². The second-order valence-electron chi connectivity index (χ2n) is 4.35. The first-order valence-electron chi connectivity index (χ1n) is 5.88. The van der Waals surface area contributed by atoms with E-state index in [-0.39, 0.29) is 11.7 Å². The molecule has 6 heteroatoms. The number of benzene rings is 1. The van der Waals surface area contributed by atoms with Crippen LogP contribution in [0.1, 0.15) is 6.92 Å². The number of amides is 1. The third-order valence-corrected chi connectivity index (χ3v) is 2.93. The zero-order chi connectivity index (χ0) is 13.1. The maximum atomic E-state index is 13.0. The first kappa shape index (κ1) is 12.6. The van der Waals surface area contributed by atoms with Crippen molar-refractivity contribution >= 4 is 17.3 Å². The van der Waals surface area contributed by atoms with Gasteiger partial charge >= 0.3 is 0 Å². The lowest BCUT2D eigenvalue weighted by atomic mass is 10.2. The normalized spacial score (nSPS) is 16.7. The molecule has 0 saturated carbocycles. The third-order valence-electron chi connectivity index (χ3n) is 2.93. The van der Waals surface area contributed by atoms with Crippen LogP contribution in [0.15, 0.2) is 18.2 Å². The molecule has 98 valence electrons. The lowest BCUT2D eigenvalue weighted by molar-refractivity contribution is -0.123. The molecule has 1 aromatic carbocycles. The van der Waals surface area contributed by atoms with Crippen molar-refractivity contribution in [3.63, 3.8) is 0 Å². The summed E-state index contributed by atoms with van der Waals surface area (Å²) in [4.78, 5) is 13.0. The van der Waals surface area contributed by atoms with E-state index < -0.39 is 0 Å². The molecule has 0 bridgehead atoms. The molecular formula is C12H17FN4O. The van der Waals surface area contributed by atoms with Crippen molar-refractivity contribution in [1.82, 2.24) is 10.4 Å². The first-order valence-corrected chi connectivity index (χ1v) is 5.88. The molecule has 1 aromatic rings. The summed E-state index contributed by atoms with van der Waals surface area (Å²) in [5.41, 5.74) is 9.85. The van der Waals surface area contributed by atoms with Crippen LogP contribution in [0.4, 0.5) is 15.8 Å². The highest BCUT2D eigenvalue weighted by Gasteiger charge is 2.19. The van der Waals surface area contributed by atoms with Crippen molar-refractivity contribution in [2.24, 2.45) is 0 Å². The Morgan fingerprint density at radius 1 is 1.33 bits per heavy atom. The van der Waals surface area contributed by atoms with Crippen LogP contribution in [0.3, 0.4) is 0 Å². The van der Waals surface area contributed by atoms with E-state index in [1.165, 1.54) is 19.1 Å². The molecule has 0 unspecified atom stereocenters. The van der Waals surface area contributed by atoms with Crippen molar-refractivity contribution in [2.75, 3.05) is 36.8 Å². The Morgan fingerprint density at radius 2 is 2.00 bits per heavy atom. The molecule has 1 saturated heterocycles. The molecular weight excluding hydrogens is 235 g/mol. The summed E-state index contributed by atoms with van der Waals surface area (Å²) >= 11 is 0. The molecule has 0 spiro atoms. The Hall–Kier alpha value is -1.82. The van der Waals surface area contributed by atoms with Gasteiger partial charge in [0, 0.05) is 33.1 Å². The molecule has 1 amide bonds. The third kappa shape index (κ3) is 2.89. The number of carbonyl (C=O) groups is 1. The number of carbonyl (C=O) groups excluding carboxylic acids is 1. The van der Waals surface area contributed by atoms with Crippen molar-refractivity contribution < 1.29 is 9.18 Å². The first-order chi connectivity index (χ1) is 8.56. The molecule has 0 atom stereocenters. The number of piperazine rings is 1. The zero-order valence-electron chi connectivity index (χ0n) is 10.3. The number of rotatable bonds is 2. The van der Waals surface area contributed by atoms with Gasteiger partial charge in [0.15, 0.2) is 0 Å². The number of halogens is 1. The van der Waals surface area contributed by atoms with Crippen molar-refractivity contribution in [3.8, 4) is 0 Å². The maximum absolute atomic E-state index is 13.0. The minimum atomic E-state index is -0.326. The molecule has 18 heavy (non-hydrogen) atoms. The molecule has 1 aliphatic rings. The molecule has 3 N–H and O–H groups in total. The fraction of sp³-hybridized carbons (Fsp3) is 0.417. The van der Waals surface area contributed by atoms with Gasteiger partial charge in [-0.05, 0) is 18.2 Å². The second-order valence-corrected chi connectivity index (χ2v) is 4.35. The minimum Gasteiger partial charge on any atom is -0.397 e. The van der Waals surface area contributed by atoms with Gasteiger partial charge in [0.1, 0.15) is 5.82 Å². The van der Waals surface area contributed by atoms with Crippen LogP contribution >= 0.6 is 0 Å². The van der Waals surface area contributed by atoms with Gasteiger partial charge in [0.2, 0.25) is 5.91 Å². The van der Waals surface area contributed by atoms with E-state index in [2.05, 4.69) is 10.3 Å². The number of nitrogens with zero attached hydrogens (tertiary/aromatic N) is 2. The smallest absolute Gasteiger partial charge is 0.231 e. The monoisotopic (exact) mass is 252 g/mol. The minimum absolute atomic E-state index is 0.0650. The van der Waals surface area contributed by atoms with Gasteiger partial charge in [-0.25, -0.2) is 9.40 Å². The number of hydrogen-bond donors (Lipinski definition) is 2. The number of nitrogen functional groups attached to an aromatic ring is 1. The molecule has 0 radical (unpaired) electrons. The van der Waals surface area contributed by atoms with Gasteiger partial charge in [-0.15, -0.1) is 0 Å². The Balaban J connectivity index is 1.99. The van der Waals surface area contributed by atoms with Gasteiger partial charge in [-0.1, -0.05) is 0 Å². The van der Waals surface area contributed by atoms with Crippen LogP contribution in [-0.4, -0.2) is 37.1 Å².